The third-order valence-electron chi connectivity index (χ3n) is 4.46. The number of hydrazone groups is 1. The van der Waals surface area contributed by atoms with Gasteiger partial charge in [-0.2, -0.15) is 5.10 Å². The number of amides is 1. The maximum atomic E-state index is 12.0. The molecular weight excluding hydrogens is 252 g/mol. The van der Waals surface area contributed by atoms with Gasteiger partial charge in [0.1, 0.15) is 5.75 Å². The summed E-state index contributed by atoms with van der Waals surface area (Å²) in [4.78, 5) is 12.0. The lowest BCUT2D eigenvalue weighted by Gasteiger charge is -2.04. The maximum absolute atomic E-state index is 12.0. The van der Waals surface area contributed by atoms with Crippen molar-refractivity contribution in [3.63, 3.8) is 0 Å². The molecule has 2 saturated carbocycles. The van der Waals surface area contributed by atoms with Crippen molar-refractivity contribution in [2.24, 2.45) is 22.9 Å². The Morgan fingerprint density at radius 3 is 2.50 bits per heavy atom. The molecule has 1 aromatic rings. The minimum atomic E-state index is 0.0895. The second kappa shape index (κ2) is 5.65. The molecule has 0 radical (unpaired) electrons. The summed E-state index contributed by atoms with van der Waals surface area (Å²) in [6.07, 6.45) is 6.65. The zero-order valence-corrected chi connectivity index (χ0v) is 11.7. The summed E-state index contributed by atoms with van der Waals surface area (Å²) in [5, 5.41) is 4.05. The molecule has 0 heterocycles. The topological polar surface area (TPSA) is 50.7 Å². The molecule has 20 heavy (non-hydrogen) atoms. The second-order valence-corrected chi connectivity index (χ2v) is 5.65. The Hall–Kier alpha value is -1.84. The summed E-state index contributed by atoms with van der Waals surface area (Å²) < 4.78 is 5.09. The van der Waals surface area contributed by atoms with Gasteiger partial charge in [0.25, 0.3) is 0 Å². The molecule has 1 amide bonds. The number of fused-ring (bicyclic) bond motifs is 1. The SMILES string of the molecule is COc1ccc(C=NNC(=O)C2C3CCCCC32)cc1. The first-order chi connectivity index (χ1) is 9.79. The van der Waals surface area contributed by atoms with Crippen molar-refractivity contribution in [1.29, 1.82) is 0 Å². The van der Waals surface area contributed by atoms with E-state index in [0.717, 1.165) is 11.3 Å². The number of hydrogen-bond acceptors (Lipinski definition) is 3. The van der Waals surface area contributed by atoms with Gasteiger partial charge in [0, 0.05) is 5.92 Å². The average molecular weight is 272 g/mol. The highest BCUT2D eigenvalue weighted by atomic mass is 16.5. The molecule has 1 N–H and O–H groups in total. The van der Waals surface area contributed by atoms with Crippen molar-refractivity contribution in [2.75, 3.05) is 7.11 Å². The number of nitrogens with one attached hydrogen (secondary N) is 1. The average Bonchev–Trinajstić information content (AvgIpc) is 3.22. The van der Waals surface area contributed by atoms with Crippen LogP contribution in [-0.2, 0) is 4.79 Å². The van der Waals surface area contributed by atoms with Crippen LogP contribution in [0.5, 0.6) is 5.75 Å². The Bertz CT molecular complexity index is 498. The summed E-state index contributed by atoms with van der Waals surface area (Å²) in [6.45, 7) is 0. The molecule has 4 nitrogen and oxygen atoms in total. The van der Waals surface area contributed by atoms with Crippen LogP contribution in [0.3, 0.4) is 0 Å². The van der Waals surface area contributed by atoms with Crippen LogP contribution in [0.4, 0.5) is 0 Å². The molecule has 0 aliphatic heterocycles. The molecule has 0 saturated heterocycles. The van der Waals surface area contributed by atoms with Gasteiger partial charge in [-0.05, 0) is 54.5 Å². The third kappa shape index (κ3) is 2.69. The summed E-state index contributed by atoms with van der Waals surface area (Å²) in [5.41, 5.74) is 3.62. The fourth-order valence-electron chi connectivity index (χ4n) is 3.32. The van der Waals surface area contributed by atoms with Gasteiger partial charge in [-0.1, -0.05) is 12.8 Å². The highest BCUT2D eigenvalue weighted by molar-refractivity contribution is 5.85. The number of nitrogens with zero attached hydrogens (tertiary/aromatic N) is 1. The largest absolute Gasteiger partial charge is 0.497 e. The predicted octanol–water partition coefficient (Wildman–Crippen LogP) is 2.58. The number of ether oxygens (including phenoxy) is 1. The first-order valence-electron chi connectivity index (χ1n) is 7.26. The van der Waals surface area contributed by atoms with E-state index in [1.54, 1.807) is 13.3 Å². The Morgan fingerprint density at radius 1 is 1.25 bits per heavy atom. The normalized spacial score (nSPS) is 27.9. The van der Waals surface area contributed by atoms with E-state index in [9.17, 15) is 4.79 Å². The van der Waals surface area contributed by atoms with Crippen LogP contribution < -0.4 is 10.2 Å². The van der Waals surface area contributed by atoms with Gasteiger partial charge in [-0.15, -0.1) is 0 Å². The van der Waals surface area contributed by atoms with Gasteiger partial charge in [-0.3, -0.25) is 4.79 Å². The van der Waals surface area contributed by atoms with Crippen molar-refractivity contribution in [2.45, 2.75) is 25.7 Å². The molecule has 1 aromatic carbocycles. The quantitative estimate of drug-likeness (QED) is 0.676. The second-order valence-electron chi connectivity index (χ2n) is 5.65. The minimum absolute atomic E-state index is 0.0895. The lowest BCUT2D eigenvalue weighted by atomic mass is 10.0. The monoisotopic (exact) mass is 272 g/mol. The summed E-state index contributed by atoms with van der Waals surface area (Å²) in [6, 6.07) is 7.56. The molecule has 0 spiro atoms. The number of carbonyl (C=O) groups excluding carboxylic acids is 1. The van der Waals surface area contributed by atoms with Crippen LogP contribution in [0.25, 0.3) is 0 Å². The van der Waals surface area contributed by atoms with Gasteiger partial charge in [0.05, 0.1) is 13.3 Å². The van der Waals surface area contributed by atoms with Crippen molar-refractivity contribution >= 4 is 12.1 Å². The molecule has 0 bridgehead atoms. The Labute approximate surface area is 119 Å². The molecule has 2 atom stereocenters. The van der Waals surface area contributed by atoms with Crippen molar-refractivity contribution in [3.8, 4) is 5.75 Å². The number of hydrogen-bond donors (Lipinski definition) is 1. The van der Waals surface area contributed by atoms with Crippen LogP contribution in [0.2, 0.25) is 0 Å². The lowest BCUT2D eigenvalue weighted by molar-refractivity contribution is -0.122. The molecule has 2 unspecified atom stereocenters. The van der Waals surface area contributed by atoms with E-state index in [1.807, 2.05) is 24.3 Å². The molecule has 2 aliphatic rings. The molecular formula is C16H20N2O2. The number of benzene rings is 1. The van der Waals surface area contributed by atoms with E-state index in [2.05, 4.69) is 10.5 Å². The standard InChI is InChI=1S/C16H20N2O2/c1-20-12-8-6-11(7-9-12)10-17-18-16(19)15-13-4-2-3-5-14(13)15/h6-10,13-15H,2-5H2,1H3,(H,18,19). The zero-order chi connectivity index (χ0) is 13.9. The van der Waals surface area contributed by atoms with Gasteiger partial charge in [0.2, 0.25) is 5.91 Å². The van der Waals surface area contributed by atoms with Crippen molar-refractivity contribution in [3.05, 3.63) is 29.8 Å². The molecule has 3 rings (SSSR count). The Morgan fingerprint density at radius 2 is 1.90 bits per heavy atom. The first-order valence-corrected chi connectivity index (χ1v) is 7.26. The number of rotatable bonds is 4. The van der Waals surface area contributed by atoms with E-state index in [-0.39, 0.29) is 11.8 Å². The van der Waals surface area contributed by atoms with E-state index >= 15 is 0 Å². The molecule has 106 valence electrons. The van der Waals surface area contributed by atoms with E-state index < -0.39 is 0 Å². The molecule has 0 aromatic heterocycles. The van der Waals surface area contributed by atoms with Gasteiger partial charge in [-0.25, -0.2) is 5.43 Å². The van der Waals surface area contributed by atoms with Gasteiger partial charge >= 0.3 is 0 Å². The molecule has 2 aliphatic carbocycles. The smallest absolute Gasteiger partial charge is 0.243 e. The van der Waals surface area contributed by atoms with Crippen LogP contribution in [0.15, 0.2) is 29.4 Å². The fraction of sp³-hybridized carbons (Fsp3) is 0.500. The predicted molar refractivity (Wildman–Crippen MR) is 77.7 cm³/mol. The summed E-state index contributed by atoms with van der Waals surface area (Å²) in [7, 11) is 1.64. The fourth-order valence-corrected chi connectivity index (χ4v) is 3.32. The number of carbonyl (C=O) groups is 1. The summed E-state index contributed by atoms with van der Waals surface area (Å²) in [5.74, 6) is 2.37. The molecule has 4 heteroatoms. The van der Waals surface area contributed by atoms with Gasteiger partial charge < -0.3 is 4.74 Å². The highest BCUT2D eigenvalue weighted by Gasteiger charge is 2.54. The van der Waals surface area contributed by atoms with E-state index in [0.29, 0.717) is 11.8 Å². The summed E-state index contributed by atoms with van der Waals surface area (Å²) >= 11 is 0. The van der Waals surface area contributed by atoms with Crippen LogP contribution in [0, 0.1) is 17.8 Å². The van der Waals surface area contributed by atoms with Crippen LogP contribution in [-0.4, -0.2) is 19.2 Å². The van der Waals surface area contributed by atoms with E-state index in [4.69, 9.17) is 4.74 Å². The Kier molecular flexibility index (Phi) is 3.72. The zero-order valence-electron chi connectivity index (χ0n) is 11.7. The maximum Gasteiger partial charge on any atom is 0.243 e. The third-order valence-corrected chi connectivity index (χ3v) is 4.46. The minimum Gasteiger partial charge on any atom is -0.497 e. The highest BCUT2D eigenvalue weighted by Crippen LogP contribution is 2.55. The Balaban J connectivity index is 1.51. The van der Waals surface area contributed by atoms with Crippen LogP contribution >= 0.6 is 0 Å². The lowest BCUT2D eigenvalue weighted by Crippen LogP contribution is -2.20. The van der Waals surface area contributed by atoms with E-state index in [1.165, 1.54) is 25.7 Å². The molecule has 2 fully saturated rings. The van der Waals surface area contributed by atoms with Crippen LogP contribution in [0.1, 0.15) is 31.2 Å². The number of methoxy groups -OCH3 is 1. The van der Waals surface area contributed by atoms with Gasteiger partial charge in [0.15, 0.2) is 0 Å². The first kappa shape index (κ1) is 13.2. The van der Waals surface area contributed by atoms with Crippen molar-refractivity contribution < 1.29 is 9.53 Å². The van der Waals surface area contributed by atoms with Crippen molar-refractivity contribution in [1.82, 2.24) is 5.43 Å².